The molecule has 0 saturated heterocycles. The molecular weight excluding hydrogens is 471 g/mol. The second-order valence-corrected chi connectivity index (χ2v) is 7.71. The summed E-state index contributed by atoms with van der Waals surface area (Å²) >= 11 is 0. The van der Waals surface area contributed by atoms with Crippen LogP contribution in [0.1, 0.15) is 19.4 Å². The second kappa shape index (κ2) is 13.5. The molecule has 0 bridgehead atoms. The molecule has 2 heteroatoms. The van der Waals surface area contributed by atoms with Gasteiger partial charge >= 0.3 is 0 Å². The van der Waals surface area contributed by atoms with Crippen molar-refractivity contribution in [2.45, 2.75) is 20.8 Å². The van der Waals surface area contributed by atoms with Crippen LogP contribution < -0.4 is 0 Å². The van der Waals surface area contributed by atoms with E-state index in [1.807, 2.05) is 13.8 Å². The van der Waals surface area contributed by atoms with Gasteiger partial charge < -0.3 is 5.48 Å². The molecule has 0 saturated carbocycles. The molecule has 0 amide bonds. The van der Waals surface area contributed by atoms with Gasteiger partial charge in [-0.2, -0.15) is 0 Å². The first-order chi connectivity index (χ1) is 16.3. The van der Waals surface area contributed by atoms with Crippen LogP contribution >= 0.6 is 0 Å². The van der Waals surface area contributed by atoms with Crippen molar-refractivity contribution >= 4 is 0 Å². The topological polar surface area (TPSA) is 31.5 Å². The standard InChI is InChI=1S/C31H23.C2H6.Co.H2O/c1-23-22-28(24-14-6-2-7-15-24)30(26-18-10-4-11-19-26)31(27-20-12-5-13-21-27)29(23)25-16-8-3-9-17-25;1-2;;/h2-21H,1H3;1-2H3;;1H2/q-1;;;. The molecule has 1 nitrogen and oxygen atoms in total. The average molecular weight is 503 g/mol. The maximum absolute atomic E-state index is 3.77. The molecule has 0 aliphatic carbocycles. The van der Waals surface area contributed by atoms with Crippen LogP contribution in [0.3, 0.4) is 0 Å². The Kier molecular flexibility index (Phi) is 10.7. The molecule has 5 aromatic carbocycles. The van der Waals surface area contributed by atoms with Crippen molar-refractivity contribution in [1.29, 1.82) is 0 Å². The molecule has 2 N–H and O–H groups in total. The van der Waals surface area contributed by atoms with E-state index < -0.39 is 0 Å². The van der Waals surface area contributed by atoms with Gasteiger partial charge in [-0.1, -0.05) is 175 Å². The Labute approximate surface area is 220 Å². The molecule has 0 aromatic heterocycles. The summed E-state index contributed by atoms with van der Waals surface area (Å²) < 4.78 is 0. The summed E-state index contributed by atoms with van der Waals surface area (Å²) in [5.41, 5.74) is 10.8. The van der Waals surface area contributed by atoms with Crippen LogP contribution in [0.5, 0.6) is 0 Å². The first-order valence-corrected chi connectivity index (χ1v) is 11.6. The fraction of sp³-hybridized carbons (Fsp3) is 0.0909. The SMILES string of the molecule is CC.Cc1[c-]c(-c2ccccc2)c(-c2ccccc2)c(-c2ccccc2)c1-c1ccccc1.O.[Co]. The first-order valence-electron chi connectivity index (χ1n) is 11.6. The van der Waals surface area contributed by atoms with Gasteiger partial charge in [0.05, 0.1) is 0 Å². The monoisotopic (exact) mass is 502 g/mol. The van der Waals surface area contributed by atoms with Gasteiger partial charge in [0.25, 0.3) is 0 Å². The third kappa shape index (κ3) is 5.98. The van der Waals surface area contributed by atoms with Gasteiger partial charge in [0.15, 0.2) is 0 Å². The van der Waals surface area contributed by atoms with E-state index in [1.54, 1.807) is 0 Å². The molecule has 5 aromatic rings. The zero-order valence-corrected chi connectivity index (χ0v) is 21.4. The summed E-state index contributed by atoms with van der Waals surface area (Å²) in [4.78, 5) is 0. The Bertz CT molecular complexity index is 1300. The number of rotatable bonds is 4. The largest absolute Gasteiger partial charge is 0.412 e. The van der Waals surface area contributed by atoms with Crippen molar-refractivity contribution in [2.75, 3.05) is 0 Å². The average Bonchev–Trinajstić information content (AvgIpc) is 2.91. The predicted octanol–water partition coefficient (Wildman–Crippen LogP) is 8.66. The molecule has 0 atom stereocenters. The number of hydrogen-bond acceptors (Lipinski definition) is 0. The van der Waals surface area contributed by atoms with E-state index in [9.17, 15) is 0 Å². The summed E-state index contributed by atoms with van der Waals surface area (Å²) in [6, 6.07) is 46.5. The molecule has 0 heterocycles. The smallest absolute Gasteiger partial charge is 0 e. The van der Waals surface area contributed by atoms with Crippen LogP contribution in [0.15, 0.2) is 121 Å². The van der Waals surface area contributed by atoms with E-state index in [0.29, 0.717) is 0 Å². The maximum atomic E-state index is 3.77. The molecule has 5 rings (SSSR count). The van der Waals surface area contributed by atoms with Crippen molar-refractivity contribution < 1.29 is 22.3 Å². The third-order valence-electron chi connectivity index (χ3n) is 5.69. The van der Waals surface area contributed by atoms with Gasteiger partial charge in [-0.15, -0.1) is 17.2 Å². The summed E-state index contributed by atoms with van der Waals surface area (Å²) in [5.74, 6) is 0. The Morgan fingerprint density at radius 2 is 0.743 bits per heavy atom. The first kappa shape index (κ1) is 27.8. The van der Waals surface area contributed by atoms with Crippen LogP contribution in [-0.2, 0) is 16.8 Å². The van der Waals surface area contributed by atoms with Crippen LogP contribution in [-0.4, -0.2) is 5.48 Å². The minimum atomic E-state index is 0. The molecule has 179 valence electrons. The van der Waals surface area contributed by atoms with Crippen molar-refractivity contribution in [1.82, 2.24) is 0 Å². The van der Waals surface area contributed by atoms with E-state index >= 15 is 0 Å². The van der Waals surface area contributed by atoms with Crippen molar-refractivity contribution in [3.8, 4) is 44.5 Å². The van der Waals surface area contributed by atoms with E-state index in [1.165, 1.54) is 38.9 Å². The summed E-state index contributed by atoms with van der Waals surface area (Å²) in [5, 5.41) is 0. The van der Waals surface area contributed by atoms with Gasteiger partial charge in [-0.05, 0) is 5.56 Å². The van der Waals surface area contributed by atoms with Crippen molar-refractivity contribution in [2.24, 2.45) is 0 Å². The minimum Gasteiger partial charge on any atom is -0.412 e. The van der Waals surface area contributed by atoms with E-state index in [2.05, 4.69) is 134 Å². The van der Waals surface area contributed by atoms with Crippen molar-refractivity contribution in [3.05, 3.63) is 133 Å². The summed E-state index contributed by atoms with van der Waals surface area (Å²) in [6.45, 7) is 6.18. The fourth-order valence-electron chi connectivity index (χ4n) is 4.32. The van der Waals surface area contributed by atoms with Crippen LogP contribution in [0, 0.1) is 13.0 Å². The Morgan fingerprint density at radius 3 is 1.14 bits per heavy atom. The maximum Gasteiger partial charge on any atom is 0 e. The third-order valence-corrected chi connectivity index (χ3v) is 5.69. The van der Waals surface area contributed by atoms with Gasteiger partial charge in [-0.3, -0.25) is 0 Å². The zero-order chi connectivity index (χ0) is 23.0. The van der Waals surface area contributed by atoms with Crippen LogP contribution in [0.2, 0.25) is 0 Å². The van der Waals surface area contributed by atoms with Gasteiger partial charge in [0, 0.05) is 16.8 Å². The molecule has 0 fully saturated rings. The van der Waals surface area contributed by atoms with Gasteiger partial charge in [-0.25, -0.2) is 0 Å². The Hall–Kier alpha value is -3.43. The summed E-state index contributed by atoms with van der Waals surface area (Å²) in [7, 11) is 0. The molecule has 0 aliphatic rings. The Morgan fingerprint density at radius 1 is 0.429 bits per heavy atom. The predicted molar refractivity (Wildman–Crippen MR) is 147 cm³/mol. The van der Waals surface area contributed by atoms with Gasteiger partial charge in [0.1, 0.15) is 0 Å². The molecule has 0 spiro atoms. The minimum absolute atomic E-state index is 0. The molecular formula is C33H31CoO-. The number of benzene rings is 5. The Balaban J connectivity index is 0.00000105. The summed E-state index contributed by atoms with van der Waals surface area (Å²) in [6.07, 6.45) is 0. The van der Waals surface area contributed by atoms with E-state index in [4.69, 9.17) is 0 Å². The van der Waals surface area contributed by atoms with E-state index in [0.717, 1.165) is 11.1 Å². The quantitative estimate of drug-likeness (QED) is 0.220. The normalized spacial score (nSPS) is 9.69. The van der Waals surface area contributed by atoms with Crippen molar-refractivity contribution in [3.63, 3.8) is 0 Å². The molecule has 35 heavy (non-hydrogen) atoms. The van der Waals surface area contributed by atoms with Crippen LogP contribution in [0.25, 0.3) is 44.5 Å². The molecule has 0 unspecified atom stereocenters. The number of hydrogen-bond donors (Lipinski definition) is 0. The molecule has 1 radical (unpaired) electrons. The van der Waals surface area contributed by atoms with E-state index in [-0.39, 0.29) is 22.3 Å². The van der Waals surface area contributed by atoms with Gasteiger partial charge in [0.2, 0.25) is 0 Å². The van der Waals surface area contributed by atoms with Crippen LogP contribution in [0.4, 0.5) is 0 Å². The zero-order valence-electron chi connectivity index (χ0n) is 20.4. The fourth-order valence-corrected chi connectivity index (χ4v) is 4.32. The second-order valence-electron chi connectivity index (χ2n) is 7.71. The molecule has 0 aliphatic heterocycles. The number of aryl methyl sites for hydroxylation is 1.